The van der Waals surface area contributed by atoms with E-state index in [0.717, 1.165) is 40.6 Å². The Kier molecular flexibility index (Phi) is 4.04. The second-order valence-corrected chi connectivity index (χ2v) is 8.11. The van der Waals surface area contributed by atoms with Crippen LogP contribution in [0.1, 0.15) is 34.5 Å². The summed E-state index contributed by atoms with van der Waals surface area (Å²) in [7, 11) is 0. The number of non-ortho nitro benzene ring substituents is 1. The maximum atomic E-state index is 11.5. The summed E-state index contributed by atoms with van der Waals surface area (Å²) < 4.78 is 6.59. The zero-order valence-corrected chi connectivity index (χ0v) is 16.8. The molecule has 0 fully saturated rings. The van der Waals surface area contributed by atoms with Gasteiger partial charge in [0.15, 0.2) is 6.23 Å². The molecule has 2 atom stereocenters. The van der Waals surface area contributed by atoms with Gasteiger partial charge in [0.2, 0.25) is 0 Å². The van der Waals surface area contributed by atoms with E-state index in [9.17, 15) is 10.1 Å². The van der Waals surface area contributed by atoms with Crippen molar-refractivity contribution in [2.45, 2.75) is 18.7 Å². The van der Waals surface area contributed by atoms with Crippen molar-refractivity contribution in [1.82, 2.24) is 4.90 Å². The van der Waals surface area contributed by atoms with Gasteiger partial charge in [0, 0.05) is 29.8 Å². The highest BCUT2D eigenvalue weighted by Gasteiger charge is 2.41. The molecule has 6 rings (SSSR count). The molecule has 0 amide bonds. The highest BCUT2D eigenvalue weighted by atomic mass is 16.6. The van der Waals surface area contributed by atoms with E-state index in [1.807, 2.05) is 30.3 Å². The molecule has 0 saturated heterocycles. The first kappa shape index (κ1) is 18.1. The van der Waals surface area contributed by atoms with Crippen molar-refractivity contribution in [2.75, 3.05) is 6.54 Å². The monoisotopic (exact) mass is 408 g/mol. The molecule has 0 radical (unpaired) electrons. The molecule has 0 saturated carbocycles. The minimum absolute atomic E-state index is 0.111. The standard InChI is InChI=1S/C26H20N2O3/c29-28(30)20-9-5-8-19(16-20)25-24-21-10-3-1-6-17(21)12-13-23(24)31-26-22-11-4-2-7-18(22)14-15-27(25)26/h1-13,16,25-26H,14-15H2/t25-,26+/m1/s1. The highest BCUT2D eigenvalue weighted by molar-refractivity contribution is 5.89. The van der Waals surface area contributed by atoms with Crippen molar-refractivity contribution in [3.8, 4) is 5.75 Å². The number of nitrogens with zero attached hydrogens (tertiary/aromatic N) is 2. The first-order valence-corrected chi connectivity index (χ1v) is 10.5. The Morgan fingerprint density at radius 2 is 1.77 bits per heavy atom. The normalized spacial score (nSPS) is 19.7. The van der Waals surface area contributed by atoms with E-state index in [2.05, 4.69) is 41.3 Å². The summed E-state index contributed by atoms with van der Waals surface area (Å²) >= 11 is 0. The third-order valence-corrected chi connectivity index (χ3v) is 6.43. The summed E-state index contributed by atoms with van der Waals surface area (Å²) in [6.45, 7) is 0.817. The molecule has 5 heteroatoms. The maximum Gasteiger partial charge on any atom is 0.269 e. The van der Waals surface area contributed by atoms with Crippen LogP contribution in [-0.2, 0) is 6.42 Å². The van der Waals surface area contributed by atoms with Crippen molar-refractivity contribution in [2.24, 2.45) is 0 Å². The quantitative estimate of drug-likeness (QED) is 0.311. The smallest absolute Gasteiger partial charge is 0.269 e. The van der Waals surface area contributed by atoms with Crippen molar-refractivity contribution >= 4 is 16.5 Å². The lowest BCUT2D eigenvalue weighted by atomic mass is 9.86. The zero-order chi connectivity index (χ0) is 20.9. The van der Waals surface area contributed by atoms with Gasteiger partial charge in [-0.05, 0) is 34.4 Å². The van der Waals surface area contributed by atoms with Crippen LogP contribution >= 0.6 is 0 Å². The average Bonchev–Trinajstić information content (AvgIpc) is 2.82. The summed E-state index contributed by atoms with van der Waals surface area (Å²) in [5.74, 6) is 0.841. The number of nitro benzene ring substituents is 1. The van der Waals surface area contributed by atoms with Crippen LogP contribution in [0.5, 0.6) is 5.75 Å². The Labute approximate surface area is 179 Å². The van der Waals surface area contributed by atoms with E-state index in [4.69, 9.17) is 4.74 Å². The molecule has 2 aliphatic heterocycles. The van der Waals surface area contributed by atoms with Gasteiger partial charge in [-0.3, -0.25) is 15.0 Å². The minimum Gasteiger partial charge on any atom is -0.470 e. The average molecular weight is 408 g/mol. The van der Waals surface area contributed by atoms with Gasteiger partial charge in [0.1, 0.15) is 5.75 Å². The van der Waals surface area contributed by atoms with Crippen LogP contribution in [0.2, 0.25) is 0 Å². The van der Waals surface area contributed by atoms with E-state index < -0.39 is 0 Å². The molecule has 0 aliphatic carbocycles. The summed E-state index contributed by atoms with van der Waals surface area (Å²) in [5.41, 5.74) is 4.57. The topological polar surface area (TPSA) is 55.6 Å². The van der Waals surface area contributed by atoms with Gasteiger partial charge in [-0.2, -0.15) is 0 Å². The molecular weight excluding hydrogens is 388 g/mol. The van der Waals surface area contributed by atoms with Crippen LogP contribution in [0.15, 0.2) is 84.9 Å². The Balaban J connectivity index is 1.62. The fourth-order valence-electron chi connectivity index (χ4n) is 5.06. The molecule has 0 N–H and O–H groups in total. The summed E-state index contributed by atoms with van der Waals surface area (Å²) in [6, 6.07) is 27.7. The Hall–Kier alpha value is -3.70. The van der Waals surface area contributed by atoms with Crippen molar-refractivity contribution in [3.63, 3.8) is 0 Å². The second kappa shape index (κ2) is 6.93. The fourth-order valence-corrected chi connectivity index (χ4v) is 5.06. The number of nitro groups is 1. The SMILES string of the molecule is O=[N+]([O-])c1cccc([C@@H]2c3c(ccc4ccccc34)O[C@H]3c4ccccc4CCN23)c1. The van der Waals surface area contributed by atoms with Crippen molar-refractivity contribution in [3.05, 3.63) is 117 Å². The van der Waals surface area contributed by atoms with Gasteiger partial charge < -0.3 is 4.74 Å². The first-order valence-electron chi connectivity index (χ1n) is 10.5. The van der Waals surface area contributed by atoms with E-state index in [1.165, 1.54) is 11.1 Å². The summed E-state index contributed by atoms with van der Waals surface area (Å²) in [5, 5.41) is 13.8. The molecule has 2 aliphatic rings. The number of fused-ring (bicyclic) bond motifs is 6. The first-order chi connectivity index (χ1) is 15.2. The highest BCUT2D eigenvalue weighted by Crippen LogP contribution is 2.50. The van der Waals surface area contributed by atoms with Crippen LogP contribution in [0.3, 0.4) is 0 Å². The van der Waals surface area contributed by atoms with E-state index in [0.29, 0.717) is 0 Å². The third kappa shape index (κ3) is 2.81. The number of ether oxygens (including phenoxy) is 1. The van der Waals surface area contributed by atoms with Gasteiger partial charge in [0.25, 0.3) is 5.69 Å². The summed E-state index contributed by atoms with van der Waals surface area (Å²) in [4.78, 5) is 13.5. The van der Waals surface area contributed by atoms with Crippen molar-refractivity contribution < 1.29 is 9.66 Å². The number of benzene rings is 4. The van der Waals surface area contributed by atoms with Crippen LogP contribution in [0.4, 0.5) is 5.69 Å². The second-order valence-electron chi connectivity index (χ2n) is 8.11. The lowest BCUT2D eigenvalue weighted by molar-refractivity contribution is -0.385. The van der Waals surface area contributed by atoms with Gasteiger partial charge in [0.05, 0.1) is 11.0 Å². The number of hydrogen-bond acceptors (Lipinski definition) is 4. The molecule has 31 heavy (non-hydrogen) atoms. The lowest BCUT2D eigenvalue weighted by Gasteiger charge is -2.46. The van der Waals surface area contributed by atoms with E-state index in [-0.39, 0.29) is 22.9 Å². The fraction of sp³-hybridized carbons (Fsp3) is 0.154. The zero-order valence-electron chi connectivity index (χ0n) is 16.8. The van der Waals surface area contributed by atoms with Crippen LogP contribution in [0.25, 0.3) is 10.8 Å². The predicted octanol–water partition coefficient (Wildman–Crippen LogP) is 5.79. The summed E-state index contributed by atoms with van der Waals surface area (Å²) in [6.07, 6.45) is 0.699. The Morgan fingerprint density at radius 1 is 0.935 bits per heavy atom. The molecular formula is C26H20N2O3. The molecule has 4 aromatic carbocycles. The maximum absolute atomic E-state index is 11.5. The molecule has 5 nitrogen and oxygen atoms in total. The van der Waals surface area contributed by atoms with Crippen molar-refractivity contribution in [1.29, 1.82) is 0 Å². The van der Waals surface area contributed by atoms with Crippen LogP contribution in [-0.4, -0.2) is 16.4 Å². The molecule has 0 bridgehead atoms. The molecule has 152 valence electrons. The number of hydrogen-bond donors (Lipinski definition) is 0. The van der Waals surface area contributed by atoms with Crippen LogP contribution in [0, 0.1) is 10.1 Å². The largest absolute Gasteiger partial charge is 0.470 e. The Morgan fingerprint density at radius 3 is 2.68 bits per heavy atom. The van der Waals surface area contributed by atoms with Gasteiger partial charge in [-0.25, -0.2) is 0 Å². The van der Waals surface area contributed by atoms with E-state index in [1.54, 1.807) is 18.2 Å². The Bertz CT molecular complexity index is 1330. The third-order valence-electron chi connectivity index (χ3n) is 6.43. The molecule has 2 heterocycles. The number of rotatable bonds is 2. The predicted molar refractivity (Wildman–Crippen MR) is 119 cm³/mol. The molecule has 4 aromatic rings. The molecule has 0 aromatic heterocycles. The van der Waals surface area contributed by atoms with Gasteiger partial charge >= 0.3 is 0 Å². The van der Waals surface area contributed by atoms with Gasteiger partial charge in [-0.15, -0.1) is 0 Å². The van der Waals surface area contributed by atoms with E-state index >= 15 is 0 Å². The molecule has 0 spiro atoms. The minimum atomic E-state index is -0.324. The molecule has 0 unspecified atom stereocenters. The lowest BCUT2D eigenvalue weighted by Crippen LogP contribution is -2.44. The van der Waals surface area contributed by atoms with Gasteiger partial charge in [-0.1, -0.05) is 66.7 Å². The van der Waals surface area contributed by atoms with Crippen LogP contribution < -0.4 is 4.74 Å².